The first-order chi connectivity index (χ1) is 6.62. The first kappa shape index (κ1) is 13.9. The fourth-order valence-electron chi connectivity index (χ4n) is 1.35. The first-order valence-electron chi connectivity index (χ1n) is 5.97. The molecule has 0 unspecified atom stereocenters. The number of likely N-dealkylation sites (N-methyl/N-ethyl adjacent to an activating group) is 1. The number of hydrogen-bond acceptors (Lipinski definition) is 2. The number of unbranched alkanes of at least 4 members (excludes halogenated alkanes) is 3. The van der Waals surface area contributed by atoms with E-state index >= 15 is 0 Å². The minimum absolute atomic E-state index is 0.0117. The van der Waals surface area contributed by atoms with Crippen molar-refractivity contribution < 1.29 is 4.74 Å². The molecule has 2 heteroatoms. The van der Waals surface area contributed by atoms with E-state index in [4.69, 9.17) is 4.74 Å². The molecule has 1 N–H and O–H groups in total. The Morgan fingerprint density at radius 2 is 1.79 bits per heavy atom. The molecule has 14 heavy (non-hydrogen) atoms. The highest BCUT2D eigenvalue weighted by Gasteiger charge is 2.16. The second-order valence-corrected chi connectivity index (χ2v) is 4.45. The summed E-state index contributed by atoms with van der Waals surface area (Å²) >= 11 is 0. The standard InChI is InChI=1S/C12H27NO/c1-5-7-8-9-10-14-12(3,4)11-13-6-2/h13H,5-11H2,1-4H3. The lowest BCUT2D eigenvalue weighted by Gasteiger charge is -2.25. The summed E-state index contributed by atoms with van der Waals surface area (Å²) < 4.78 is 5.82. The molecule has 0 aliphatic rings. The van der Waals surface area contributed by atoms with E-state index in [0.717, 1.165) is 19.7 Å². The lowest BCUT2D eigenvalue weighted by Crippen LogP contribution is -2.37. The van der Waals surface area contributed by atoms with Crippen molar-refractivity contribution in [3.8, 4) is 0 Å². The van der Waals surface area contributed by atoms with Crippen molar-refractivity contribution in [2.75, 3.05) is 19.7 Å². The average Bonchev–Trinajstić information content (AvgIpc) is 2.15. The molecule has 0 aromatic heterocycles. The Bertz CT molecular complexity index is 123. The van der Waals surface area contributed by atoms with Gasteiger partial charge in [-0.2, -0.15) is 0 Å². The SMILES string of the molecule is CCCCCCOC(C)(C)CNCC. The van der Waals surface area contributed by atoms with Crippen LogP contribution in [0.1, 0.15) is 53.4 Å². The van der Waals surface area contributed by atoms with Gasteiger partial charge in [-0.05, 0) is 26.8 Å². The summed E-state index contributed by atoms with van der Waals surface area (Å²) in [5.41, 5.74) is -0.0117. The maximum absolute atomic E-state index is 5.82. The van der Waals surface area contributed by atoms with Gasteiger partial charge in [0.1, 0.15) is 0 Å². The Labute approximate surface area is 89.4 Å². The molecule has 0 aliphatic heterocycles. The van der Waals surface area contributed by atoms with Crippen LogP contribution in [-0.4, -0.2) is 25.3 Å². The Kier molecular flexibility index (Phi) is 8.20. The van der Waals surface area contributed by atoms with Gasteiger partial charge in [-0.15, -0.1) is 0 Å². The van der Waals surface area contributed by atoms with Gasteiger partial charge in [0.15, 0.2) is 0 Å². The molecular weight excluding hydrogens is 174 g/mol. The molecule has 0 spiro atoms. The third kappa shape index (κ3) is 8.52. The predicted octanol–water partition coefficient (Wildman–Crippen LogP) is 2.97. The summed E-state index contributed by atoms with van der Waals surface area (Å²) in [4.78, 5) is 0. The third-order valence-corrected chi connectivity index (χ3v) is 2.29. The fourth-order valence-corrected chi connectivity index (χ4v) is 1.35. The van der Waals surface area contributed by atoms with Crippen molar-refractivity contribution in [2.24, 2.45) is 0 Å². The van der Waals surface area contributed by atoms with E-state index in [-0.39, 0.29) is 5.60 Å². The van der Waals surface area contributed by atoms with Gasteiger partial charge in [0.2, 0.25) is 0 Å². The van der Waals surface area contributed by atoms with Crippen LogP contribution in [0.25, 0.3) is 0 Å². The quantitative estimate of drug-likeness (QED) is 0.579. The van der Waals surface area contributed by atoms with Gasteiger partial charge in [0.25, 0.3) is 0 Å². The monoisotopic (exact) mass is 201 g/mol. The number of hydrogen-bond donors (Lipinski definition) is 1. The van der Waals surface area contributed by atoms with Crippen LogP contribution in [0.2, 0.25) is 0 Å². The van der Waals surface area contributed by atoms with Crippen LogP contribution >= 0.6 is 0 Å². The van der Waals surface area contributed by atoms with E-state index < -0.39 is 0 Å². The molecular formula is C12H27NO. The Morgan fingerprint density at radius 3 is 2.36 bits per heavy atom. The summed E-state index contributed by atoms with van der Waals surface area (Å²) in [5, 5.41) is 3.32. The molecule has 0 fully saturated rings. The van der Waals surface area contributed by atoms with Gasteiger partial charge < -0.3 is 10.1 Å². The average molecular weight is 201 g/mol. The van der Waals surface area contributed by atoms with E-state index in [1.807, 2.05) is 0 Å². The van der Waals surface area contributed by atoms with Crippen LogP contribution < -0.4 is 5.32 Å². The summed E-state index contributed by atoms with van der Waals surface area (Å²) in [6.07, 6.45) is 5.12. The summed E-state index contributed by atoms with van der Waals surface area (Å²) in [5.74, 6) is 0. The van der Waals surface area contributed by atoms with Crippen LogP contribution in [0.15, 0.2) is 0 Å². The molecule has 0 aromatic carbocycles. The van der Waals surface area contributed by atoms with E-state index in [2.05, 4.69) is 33.0 Å². The summed E-state index contributed by atoms with van der Waals surface area (Å²) in [7, 11) is 0. The second kappa shape index (κ2) is 8.25. The molecule has 0 atom stereocenters. The van der Waals surface area contributed by atoms with Gasteiger partial charge in [0, 0.05) is 13.2 Å². The molecule has 2 nitrogen and oxygen atoms in total. The second-order valence-electron chi connectivity index (χ2n) is 4.45. The van der Waals surface area contributed by atoms with Gasteiger partial charge in [-0.1, -0.05) is 33.1 Å². The topological polar surface area (TPSA) is 21.3 Å². The van der Waals surface area contributed by atoms with Gasteiger partial charge in [-0.25, -0.2) is 0 Å². The fraction of sp³-hybridized carbons (Fsp3) is 1.00. The Hall–Kier alpha value is -0.0800. The molecule has 0 heterocycles. The molecule has 0 radical (unpaired) electrons. The highest BCUT2D eigenvalue weighted by atomic mass is 16.5. The highest BCUT2D eigenvalue weighted by Crippen LogP contribution is 2.09. The zero-order valence-corrected chi connectivity index (χ0v) is 10.4. The molecule has 0 bridgehead atoms. The molecule has 0 amide bonds. The van der Waals surface area contributed by atoms with Crippen LogP contribution in [0, 0.1) is 0 Å². The van der Waals surface area contributed by atoms with Crippen molar-refractivity contribution in [3.63, 3.8) is 0 Å². The lowest BCUT2D eigenvalue weighted by molar-refractivity contribution is -0.0176. The number of nitrogens with one attached hydrogen (secondary N) is 1. The number of rotatable bonds is 9. The van der Waals surface area contributed by atoms with Crippen molar-refractivity contribution in [3.05, 3.63) is 0 Å². The summed E-state index contributed by atoms with van der Waals surface area (Å²) in [6, 6.07) is 0. The van der Waals surface area contributed by atoms with Crippen molar-refractivity contribution in [2.45, 2.75) is 59.0 Å². The summed E-state index contributed by atoms with van der Waals surface area (Å²) in [6.45, 7) is 11.5. The predicted molar refractivity (Wildman–Crippen MR) is 62.7 cm³/mol. The molecule has 0 rings (SSSR count). The molecule has 0 saturated carbocycles. The third-order valence-electron chi connectivity index (χ3n) is 2.29. The molecule has 86 valence electrons. The maximum atomic E-state index is 5.82. The molecule has 0 saturated heterocycles. The van der Waals surface area contributed by atoms with E-state index in [1.165, 1.54) is 25.7 Å². The minimum atomic E-state index is -0.0117. The highest BCUT2D eigenvalue weighted by molar-refractivity contribution is 4.71. The van der Waals surface area contributed by atoms with Gasteiger partial charge in [-0.3, -0.25) is 0 Å². The normalized spacial score (nSPS) is 12.0. The van der Waals surface area contributed by atoms with Crippen LogP contribution in [-0.2, 0) is 4.74 Å². The molecule has 0 aliphatic carbocycles. The van der Waals surface area contributed by atoms with Crippen LogP contribution in [0.3, 0.4) is 0 Å². The van der Waals surface area contributed by atoms with Crippen LogP contribution in [0.5, 0.6) is 0 Å². The van der Waals surface area contributed by atoms with Gasteiger partial charge in [0.05, 0.1) is 5.60 Å². The Balaban J connectivity index is 3.35. The minimum Gasteiger partial charge on any atom is -0.374 e. The van der Waals surface area contributed by atoms with Crippen molar-refractivity contribution in [1.82, 2.24) is 5.32 Å². The maximum Gasteiger partial charge on any atom is 0.0750 e. The number of ether oxygens (including phenoxy) is 1. The largest absolute Gasteiger partial charge is 0.374 e. The van der Waals surface area contributed by atoms with E-state index in [0.29, 0.717) is 0 Å². The molecule has 0 aromatic rings. The van der Waals surface area contributed by atoms with E-state index in [1.54, 1.807) is 0 Å². The van der Waals surface area contributed by atoms with Crippen molar-refractivity contribution >= 4 is 0 Å². The van der Waals surface area contributed by atoms with Crippen LogP contribution in [0.4, 0.5) is 0 Å². The lowest BCUT2D eigenvalue weighted by atomic mass is 10.1. The van der Waals surface area contributed by atoms with Gasteiger partial charge >= 0.3 is 0 Å². The zero-order chi connectivity index (χ0) is 10.9. The first-order valence-corrected chi connectivity index (χ1v) is 5.97. The van der Waals surface area contributed by atoms with Crippen molar-refractivity contribution in [1.29, 1.82) is 0 Å². The zero-order valence-electron chi connectivity index (χ0n) is 10.4. The smallest absolute Gasteiger partial charge is 0.0750 e. The van der Waals surface area contributed by atoms with E-state index in [9.17, 15) is 0 Å². The Morgan fingerprint density at radius 1 is 1.07 bits per heavy atom.